The summed E-state index contributed by atoms with van der Waals surface area (Å²) < 4.78 is 19.4. The summed E-state index contributed by atoms with van der Waals surface area (Å²) in [6.07, 6.45) is 2.40. The third-order valence-electron chi connectivity index (χ3n) is 5.07. The van der Waals surface area contributed by atoms with E-state index in [0.29, 0.717) is 17.7 Å². The van der Waals surface area contributed by atoms with Crippen LogP contribution in [0.4, 0.5) is 4.39 Å². The van der Waals surface area contributed by atoms with Crippen LogP contribution in [0.1, 0.15) is 35.2 Å². The second-order valence-electron chi connectivity index (χ2n) is 7.40. The lowest BCUT2D eigenvalue weighted by Gasteiger charge is -2.29. The van der Waals surface area contributed by atoms with Crippen molar-refractivity contribution in [2.75, 3.05) is 26.2 Å². The van der Waals surface area contributed by atoms with Crippen molar-refractivity contribution in [1.82, 2.24) is 4.90 Å². The molecule has 0 spiro atoms. The van der Waals surface area contributed by atoms with Crippen molar-refractivity contribution >= 4 is 5.78 Å². The number of hydrogen-bond acceptors (Lipinski definition) is 4. The van der Waals surface area contributed by atoms with Crippen molar-refractivity contribution in [3.8, 4) is 0 Å². The summed E-state index contributed by atoms with van der Waals surface area (Å²) in [5.74, 6) is -0.497. The van der Waals surface area contributed by atoms with E-state index in [2.05, 4.69) is 4.90 Å². The van der Waals surface area contributed by atoms with E-state index in [1.54, 1.807) is 36.4 Å². The van der Waals surface area contributed by atoms with Crippen LogP contribution in [0.5, 0.6) is 0 Å². The maximum atomic E-state index is 13.5. The zero-order valence-electron chi connectivity index (χ0n) is 16.1. The van der Waals surface area contributed by atoms with Gasteiger partial charge in [-0.3, -0.25) is 4.79 Å². The average Bonchev–Trinajstić information content (AvgIpc) is 2.72. The number of carbonyl (C=O) groups excluding carboxylic acids is 1. The van der Waals surface area contributed by atoms with E-state index >= 15 is 0 Å². The Morgan fingerprint density at radius 2 is 1.82 bits per heavy atom. The molecule has 28 heavy (non-hydrogen) atoms. The van der Waals surface area contributed by atoms with Crippen molar-refractivity contribution in [3.05, 3.63) is 71.5 Å². The molecule has 0 saturated carbocycles. The summed E-state index contributed by atoms with van der Waals surface area (Å²) in [7, 11) is 0. The summed E-state index contributed by atoms with van der Waals surface area (Å²) in [4.78, 5) is 15.2. The minimum atomic E-state index is -0.764. The molecule has 1 fully saturated rings. The predicted octanol–water partition coefficient (Wildman–Crippen LogP) is 3.48. The molecule has 0 aliphatic carbocycles. The molecule has 1 aliphatic rings. The fourth-order valence-corrected chi connectivity index (χ4v) is 3.61. The quantitative estimate of drug-likeness (QED) is 0.672. The molecule has 2 unspecified atom stereocenters. The Morgan fingerprint density at radius 1 is 1.07 bits per heavy atom. The predicted molar refractivity (Wildman–Crippen MR) is 107 cm³/mol. The molecule has 4 nitrogen and oxygen atoms in total. The number of rotatable bonds is 9. The number of benzene rings is 2. The number of ether oxygens (including phenoxy) is 1. The van der Waals surface area contributed by atoms with Gasteiger partial charge in [0.2, 0.25) is 0 Å². The number of likely N-dealkylation sites (tertiary alicyclic amines) is 1. The lowest BCUT2D eigenvalue weighted by Crippen LogP contribution is -2.39. The minimum Gasteiger partial charge on any atom is -0.389 e. The van der Waals surface area contributed by atoms with E-state index in [1.165, 1.54) is 18.6 Å². The molecular formula is C23H28FNO3. The highest BCUT2D eigenvalue weighted by molar-refractivity contribution is 5.99. The number of aliphatic hydroxyl groups is 1. The molecule has 0 amide bonds. The first-order valence-electron chi connectivity index (χ1n) is 9.97. The van der Waals surface area contributed by atoms with Crippen molar-refractivity contribution in [2.45, 2.75) is 37.9 Å². The molecular weight excluding hydrogens is 357 g/mol. The van der Waals surface area contributed by atoms with Crippen LogP contribution in [0.2, 0.25) is 0 Å². The molecule has 5 heteroatoms. The molecule has 1 aliphatic heterocycles. The van der Waals surface area contributed by atoms with E-state index in [9.17, 15) is 14.3 Å². The van der Waals surface area contributed by atoms with Crippen molar-refractivity contribution < 1.29 is 19.0 Å². The van der Waals surface area contributed by atoms with Crippen LogP contribution in [0, 0.1) is 5.82 Å². The maximum absolute atomic E-state index is 13.5. The van der Waals surface area contributed by atoms with Crippen LogP contribution in [-0.2, 0) is 11.2 Å². The number of ketones is 1. The highest BCUT2D eigenvalue weighted by Crippen LogP contribution is 2.15. The van der Waals surface area contributed by atoms with E-state index in [0.717, 1.165) is 25.9 Å². The van der Waals surface area contributed by atoms with Crippen LogP contribution in [0.15, 0.2) is 54.6 Å². The van der Waals surface area contributed by atoms with Gasteiger partial charge in [-0.05, 0) is 43.6 Å². The molecule has 0 aromatic heterocycles. The monoisotopic (exact) mass is 385 g/mol. The first kappa shape index (κ1) is 20.6. The fraction of sp³-hybridized carbons (Fsp3) is 0.435. The molecule has 2 aromatic rings. The molecule has 1 heterocycles. The van der Waals surface area contributed by atoms with Gasteiger partial charge in [-0.15, -0.1) is 0 Å². The van der Waals surface area contributed by atoms with E-state index in [4.69, 9.17) is 4.74 Å². The third-order valence-corrected chi connectivity index (χ3v) is 5.07. The first-order valence-corrected chi connectivity index (χ1v) is 9.97. The first-order chi connectivity index (χ1) is 13.6. The molecule has 2 aromatic carbocycles. The van der Waals surface area contributed by atoms with Gasteiger partial charge >= 0.3 is 0 Å². The Kier molecular flexibility index (Phi) is 7.71. The number of piperidine rings is 1. The van der Waals surface area contributed by atoms with Gasteiger partial charge in [0.1, 0.15) is 11.9 Å². The maximum Gasteiger partial charge on any atom is 0.191 e. The number of aliphatic hydroxyl groups excluding tert-OH is 1. The number of β-amino-alcohol motifs (C(OH)–C–C–N with tert-alkyl or cyclic N) is 1. The van der Waals surface area contributed by atoms with Crippen molar-refractivity contribution in [2.24, 2.45) is 0 Å². The molecule has 3 rings (SSSR count). The lowest BCUT2D eigenvalue weighted by atomic mass is 9.99. The van der Waals surface area contributed by atoms with Gasteiger partial charge in [0.25, 0.3) is 0 Å². The number of Topliss-reactive ketones (excluding diaryl/α,β-unsaturated/α-hetero) is 1. The molecule has 150 valence electrons. The Bertz CT molecular complexity index is 747. The van der Waals surface area contributed by atoms with Crippen LogP contribution in [0.25, 0.3) is 0 Å². The minimum absolute atomic E-state index is 0.0784. The van der Waals surface area contributed by atoms with Gasteiger partial charge in [-0.2, -0.15) is 0 Å². The van der Waals surface area contributed by atoms with E-state index in [-0.39, 0.29) is 24.6 Å². The fourth-order valence-electron chi connectivity index (χ4n) is 3.61. The number of hydrogen-bond donors (Lipinski definition) is 1. The highest BCUT2D eigenvalue weighted by atomic mass is 19.1. The molecule has 2 atom stereocenters. The Balaban J connectivity index is 1.64. The largest absolute Gasteiger partial charge is 0.389 e. The topological polar surface area (TPSA) is 49.8 Å². The molecule has 1 N–H and O–H groups in total. The Labute approximate surface area is 165 Å². The summed E-state index contributed by atoms with van der Waals surface area (Å²) in [6.45, 7) is 2.61. The summed E-state index contributed by atoms with van der Waals surface area (Å²) in [5, 5.41) is 10.4. The Morgan fingerprint density at radius 3 is 2.54 bits per heavy atom. The van der Waals surface area contributed by atoms with E-state index in [1.807, 2.05) is 6.07 Å². The normalized spacial score (nSPS) is 17.2. The SMILES string of the molecule is O=C(c1ccccc1)C(Cc1cccc(F)c1)OCC(O)CN1CCCCC1. The van der Waals surface area contributed by atoms with Gasteiger partial charge in [-0.25, -0.2) is 4.39 Å². The summed E-state index contributed by atoms with van der Waals surface area (Å²) >= 11 is 0. The summed E-state index contributed by atoms with van der Waals surface area (Å²) in [6, 6.07) is 15.1. The van der Waals surface area contributed by atoms with Gasteiger partial charge in [0.15, 0.2) is 5.78 Å². The smallest absolute Gasteiger partial charge is 0.191 e. The average molecular weight is 385 g/mol. The standard InChI is InChI=1S/C23H28FNO3/c24-20-11-7-8-18(14-20)15-22(23(27)19-9-3-1-4-10-19)28-17-21(26)16-25-12-5-2-6-13-25/h1,3-4,7-11,14,21-22,26H,2,5-6,12-13,15-17H2. The number of halogens is 1. The van der Waals surface area contributed by atoms with Crippen molar-refractivity contribution in [3.63, 3.8) is 0 Å². The van der Waals surface area contributed by atoms with Gasteiger partial charge in [0, 0.05) is 18.5 Å². The second-order valence-corrected chi connectivity index (χ2v) is 7.40. The highest BCUT2D eigenvalue weighted by Gasteiger charge is 2.23. The van der Waals surface area contributed by atoms with Crippen LogP contribution in [0.3, 0.4) is 0 Å². The van der Waals surface area contributed by atoms with Crippen molar-refractivity contribution in [1.29, 1.82) is 0 Å². The molecule has 0 bridgehead atoms. The van der Waals surface area contributed by atoms with Gasteiger partial charge < -0.3 is 14.7 Å². The third kappa shape index (κ3) is 6.23. The zero-order chi connectivity index (χ0) is 19.8. The zero-order valence-corrected chi connectivity index (χ0v) is 16.1. The van der Waals surface area contributed by atoms with Crippen LogP contribution in [-0.4, -0.2) is 54.2 Å². The number of carbonyl (C=O) groups is 1. The van der Waals surface area contributed by atoms with E-state index < -0.39 is 12.2 Å². The van der Waals surface area contributed by atoms with Gasteiger partial charge in [-0.1, -0.05) is 48.9 Å². The number of nitrogens with zero attached hydrogens (tertiary/aromatic N) is 1. The molecule has 1 saturated heterocycles. The second kappa shape index (κ2) is 10.5. The van der Waals surface area contributed by atoms with Crippen LogP contribution >= 0.6 is 0 Å². The Hall–Kier alpha value is -2.08. The lowest BCUT2D eigenvalue weighted by molar-refractivity contribution is -0.0151. The summed E-state index contributed by atoms with van der Waals surface area (Å²) in [5.41, 5.74) is 1.24. The van der Waals surface area contributed by atoms with Crippen LogP contribution < -0.4 is 0 Å². The molecule has 0 radical (unpaired) electrons. The van der Waals surface area contributed by atoms with Gasteiger partial charge in [0.05, 0.1) is 12.7 Å².